The highest BCUT2D eigenvalue weighted by Gasteiger charge is 2.23. The van der Waals surface area contributed by atoms with Crippen molar-refractivity contribution in [2.75, 3.05) is 6.61 Å². The summed E-state index contributed by atoms with van der Waals surface area (Å²) >= 11 is 0. The van der Waals surface area contributed by atoms with Gasteiger partial charge < -0.3 is 24.7 Å². The Balaban J connectivity index is 2.89. The first-order valence-corrected chi connectivity index (χ1v) is 13.9. The smallest absolute Gasteiger partial charge is 0.323 e. The van der Waals surface area contributed by atoms with Crippen LogP contribution in [0.15, 0.2) is 18.2 Å². The van der Waals surface area contributed by atoms with E-state index in [0.717, 1.165) is 12.8 Å². The van der Waals surface area contributed by atoms with Crippen molar-refractivity contribution in [1.29, 1.82) is 0 Å². The number of carbonyl (C=O) groups is 4. The zero-order chi connectivity index (χ0) is 29.7. The lowest BCUT2D eigenvalue weighted by atomic mass is 9.98. The van der Waals surface area contributed by atoms with Gasteiger partial charge in [-0.05, 0) is 48.8 Å². The first kappa shape index (κ1) is 34.1. The van der Waals surface area contributed by atoms with Gasteiger partial charge in [0.05, 0.1) is 5.92 Å². The normalized spacial score (nSPS) is 15.0. The topological polar surface area (TPSA) is 131 Å². The molecule has 0 aliphatic heterocycles. The molecule has 220 valence electrons. The van der Waals surface area contributed by atoms with Gasteiger partial charge in [0, 0.05) is 12.8 Å². The van der Waals surface area contributed by atoms with Crippen molar-refractivity contribution in [3.8, 4) is 11.5 Å². The summed E-state index contributed by atoms with van der Waals surface area (Å²) in [6.07, 6.45) is 1.57. The van der Waals surface area contributed by atoms with E-state index in [-0.39, 0.29) is 67.0 Å². The first-order chi connectivity index (χ1) is 18.3. The molecular weight excluding hydrogens is 502 g/mol. The molecule has 1 rings (SSSR count). The number of esters is 4. The van der Waals surface area contributed by atoms with Gasteiger partial charge in [0.15, 0.2) is 11.5 Å². The standard InChI is InChI=1S/C30H47NO8/c1-9-19(5)13-27(32)38-25-12-11-23(16-26(25)39-28(33)14-20(6)10-2)15-24(31)30(35)36-17-21(7)37-29(34)22(8)18(3)4/h11-12,16,18-22,24H,9-10,13-15,17,31H2,1-8H3/t19?,20?,21-,22?,24-/m0/s1. The molecule has 0 radical (unpaired) electrons. The summed E-state index contributed by atoms with van der Waals surface area (Å²) in [6, 6.07) is 3.73. The van der Waals surface area contributed by atoms with E-state index >= 15 is 0 Å². The summed E-state index contributed by atoms with van der Waals surface area (Å²) < 4.78 is 21.7. The summed E-state index contributed by atoms with van der Waals surface area (Å²) in [4.78, 5) is 49.5. The van der Waals surface area contributed by atoms with Gasteiger partial charge in [-0.2, -0.15) is 0 Å². The Morgan fingerprint density at radius 3 is 1.85 bits per heavy atom. The van der Waals surface area contributed by atoms with Gasteiger partial charge in [0.25, 0.3) is 0 Å². The number of carbonyl (C=O) groups excluding carboxylic acids is 4. The van der Waals surface area contributed by atoms with Crippen LogP contribution in [0.3, 0.4) is 0 Å². The van der Waals surface area contributed by atoms with Crippen molar-refractivity contribution in [2.45, 2.75) is 99.6 Å². The van der Waals surface area contributed by atoms with Crippen LogP contribution in [0.4, 0.5) is 0 Å². The summed E-state index contributed by atoms with van der Waals surface area (Å²) in [7, 11) is 0. The van der Waals surface area contributed by atoms with Crippen LogP contribution in [0.1, 0.15) is 86.6 Å². The molecule has 1 aromatic carbocycles. The van der Waals surface area contributed by atoms with Gasteiger partial charge in [0.2, 0.25) is 0 Å². The van der Waals surface area contributed by atoms with Gasteiger partial charge in [-0.25, -0.2) is 0 Å². The van der Waals surface area contributed by atoms with E-state index in [1.165, 1.54) is 6.07 Å². The Bertz CT molecular complexity index is 960. The molecule has 9 heteroatoms. The van der Waals surface area contributed by atoms with E-state index < -0.39 is 30.1 Å². The van der Waals surface area contributed by atoms with E-state index in [4.69, 9.17) is 24.7 Å². The highest BCUT2D eigenvalue weighted by atomic mass is 16.6. The van der Waals surface area contributed by atoms with Gasteiger partial charge in [-0.3, -0.25) is 19.2 Å². The predicted molar refractivity (Wildman–Crippen MR) is 148 cm³/mol. The molecule has 0 aromatic heterocycles. The minimum Gasteiger partial charge on any atom is -0.461 e. The Morgan fingerprint density at radius 2 is 1.33 bits per heavy atom. The highest BCUT2D eigenvalue weighted by Crippen LogP contribution is 2.30. The lowest BCUT2D eigenvalue weighted by molar-refractivity contribution is -0.162. The molecular formula is C30H47NO8. The quantitative estimate of drug-likeness (QED) is 0.223. The third-order valence-electron chi connectivity index (χ3n) is 6.79. The van der Waals surface area contributed by atoms with E-state index in [1.54, 1.807) is 26.0 Å². The molecule has 0 saturated heterocycles. The monoisotopic (exact) mass is 549 g/mol. The van der Waals surface area contributed by atoms with Crippen molar-refractivity contribution in [2.24, 2.45) is 29.4 Å². The molecule has 0 amide bonds. The fourth-order valence-electron chi connectivity index (χ4n) is 3.29. The van der Waals surface area contributed by atoms with Crippen LogP contribution >= 0.6 is 0 Å². The molecule has 0 aliphatic rings. The molecule has 39 heavy (non-hydrogen) atoms. The molecule has 0 fully saturated rings. The van der Waals surface area contributed by atoms with Crippen LogP contribution in [0.5, 0.6) is 11.5 Å². The van der Waals surface area contributed by atoms with Gasteiger partial charge in [-0.1, -0.05) is 67.4 Å². The van der Waals surface area contributed by atoms with E-state index in [0.29, 0.717) is 5.56 Å². The molecule has 0 saturated carbocycles. The second-order valence-corrected chi connectivity index (χ2v) is 10.9. The van der Waals surface area contributed by atoms with E-state index in [9.17, 15) is 19.2 Å². The average molecular weight is 550 g/mol. The fraction of sp³-hybridized carbons (Fsp3) is 0.667. The number of nitrogens with two attached hydrogens (primary N) is 1. The van der Waals surface area contributed by atoms with Gasteiger partial charge >= 0.3 is 23.9 Å². The van der Waals surface area contributed by atoms with Crippen molar-refractivity contribution in [3.63, 3.8) is 0 Å². The highest BCUT2D eigenvalue weighted by molar-refractivity contribution is 5.77. The number of rotatable bonds is 16. The second-order valence-electron chi connectivity index (χ2n) is 10.9. The van der Waals surface area contributed by atoms with Gasteiger partial charge in [-0.15, -0.1) is 0 Å². The zero-order valence-corrected chi connectivity index (χ0v) is 24.8. The molecule has 0 aliphatic carbocycles. The Hall–Kier alpha value is -2.94. The molecule has 2 N–H and O–H groups in total. The fourth-order valence-corrected chi connectivity index (χ4v) is 3.29. The van der Waals surface area contributed by atoms with Crippen LogP contribution in [0.2, 0.25) is 0 Å². The Morgan fingerprint density at radius 1 is 0.795 bits per heavy atom. The molecule has 1 aromatic rings. The largest absolute Gasteiger partial charge is 0.461 e. The van der Waals surface area contributed by atoms with Crippen LogP contribution in [0, 0.1) is 23.7 Å². The van der Waals surface area contributed by atoms with Crippen molar-refractivity contribution < 1.29 is 38.1 Å². The molecule has 3 unspecified atom stereocenters. The Kier molecular flexibility index (Phi) is 14.8. The van der Waals surface area contributed by atoms with E-state index in [1.807, 2.05) is 41.5 Å². The van der Waals surface area contributed by atoms with Crippen LogP contribution < -0.4 is 15.2 Å². The second kappa shape index (κ2) is 16.9. The van der Waals surface area contributed by atoms with Gasteiger partial charge in [0.1, 0.15) is 18.8 Å². The van der Waals surface area contributed by atoms with Crippen molar-refractivity contribution >= 4 is 23.9 Å². The third kappa shape index (κ3) is 12.6. The molecule has 0 bridgehead atoms. The lowest BCUT2D eigenvalue weighted by Crippen LogP contribution is -2.36. The molecule has 5 atom stereocenters. The number of benzene rings is 1. The van der Waals surface area contributed by atoms with Crippen LogP contribution in [0.25, 0.3) is 0 Å². The van der Waals surface area contributed by atoms with Crippen LogP contribution in [-0.4, -0.2) is 42.6 Å². The van der Waals surface area contributed by atoms with Crippen molar-refractivity contribution in [3.05, 3.63) is 23.8 Å². The zero-order valence-electron chi connectivity index (χ0n) is 24.8. The average Bonchev–Trinajstić information content (AvgIpc) is 2.87. The molecule has 0 spiro atoms. The summed E-state index contributed by atoms with van der Waals surface area (Å²) in [5, 5.41) is 0. The maximum absolute atomic E-state index is 12.5. The number of hydrogen-bond acceptors (Lipinski definition) is 9. The minimum atomic E-state index is -1.01. The number of ether oxygens (including phenoxy) is 4. The number of hydrogen-bond donors (Lipinski definition) is 1. The predicted octanol–water partition coefficient (Wildman–Crippen LogP) is 5.01. The Labute approximate surface area is 233 Å². The summed E-state index contributed by atoms with van der Waals surface area (Å²) in [5.41, 5.74) is 6.67. The van der Waals surface area contributed by atoms with Crippen LogP contribution in [-0.2, 0) is 35.1 Å². The maximum Gasteiger partial charge on any atom is 0.323 e. The lowest BCUT2D eigenvalue weighted by Gasteiger charge is -2.20. The first-order valence-electron chi connectivity index (χ1n) is 13.9. The summed E-state index contributed by atoms with van der Waals surface area (Å²) in [6.45, 7) is 15.0. The molecule has 9 nitrogen and oxygen atoms in total. The maximum atomic E-state index is 12.5. The van der Waals surface area contributed by atoms with Crippen molar-refractivity contribution in [1.82, 2.24) is 0 Å². The minimum absolute atomic E-state index is 0.0917. The molecule has 0 heterocycles. The third-order valence-corrected chi connectivity index (χ3v) is 6.79. The van der Waals surface area contributed by atoms with E-state index in [2.05, 4.69) is 0 Å². The summed E-state index contributed by atoms with van der Waals surface area (Å²) in [5.74, 6) is -1.49. The SMILES string of the molecule is CCC(C)CC(=O)Oc1ccc(C[C@H](N)C(=O)OC[C@H](C)OC(=O)C(C)C(C)C)cc1OC(=O)CC(C)CC.